The third-order valence-electron chi connectivity index (χ3n) is 1.11. The Morgan fingerprint density at radius 2 is 1.33 bits per heavy atom. The van der Waals surface area contributed by atoms with Gasteiger partial charge >= 0.3 is 0 Å². The summed E-state index contributed by atoms with van der Waals surface area (Å²) in [6.07, 6.45) is 3.49. The highest BCUT2D eigenvalue weighted by Gasteiger charge is 1.88. The Labute approximate surface area is 56.7 Å². The zero-order chi connectivity index (χ0) is 7.28. The molecule has 1 nitrogen and oxygen atoms in total. The van der Waals surface area contributed by atoms with Crippen molar-refractivity contribution >= 4 is 0 Å². The van der Waals surface area contributed by atoms with E-state index >= 15 is 0 Å². The van der Waals surface area contributed by atoms with Crippen molar-refractivity contribution in [3.63, 3.8) is 0 Å². The van der Waals surface area contributed by atoms with Gasteiger partial charge in [0.05, 0.1) is 12.5 Å². The lowest BCUT2D eigenvalue weighted by atomic mass is 10.2. The standard InChI is InChI=1S/C6H8O.C2H6/c1-5-3-7-4-6(5)2;1-2/h3-4H,1-2H3;1-2H3. The normalized spacial score (nSPS) is 8.00. The molecule has 0 aromatic carbocycles. The molecule has 0 aliphatic rings. The molecule has 0 radical (unpaired) electrons. The molecule has 0 saturated carbocycles. The van der Waals surface area contributed by atoms with Crippen molar-refractivity contribution < 1.29 is 4.42 Å². The van der Waals surface area contributed by atoms with E-state index in [0.29, 0.717) is 0 Å². The largest absolute Gasteiger partial charge is 0.472 e. The summed E-state index contributed by atoms with van der Waals surface area (Å²) in [7, 11) is 0. The fourth-order valence-electron chi connectivity index (χ4n) is 0.424. The van der Waals surface area contributed by atoms with Crippen LogP contribution in [-0.4, -0.2) is 0 Å². The number of aryl methyl sites for hydroxylation is 2. The van der Waals surface area contributed by atoms with E-state index in [1.54, 1.807) is 12.5 Å². The maximum Gasteiger partial charge on any atom is 0.0934 e. The number of furan rings is 1. The van der Waals surface area contributed by atoms with E-state index in [9.17, 15) is 0 Å². The monoisotopic (exact) mass is 126 g/mol. The summed E-state index contributed by atoms with van der Waals surface area (Å²) in [4.78, 5) is 0. The molecule has 0 amide bonds. The SMILES string of the molecule is CC.Cc1cocc1C. The van der Waals surface area contributed by atoms with Gasteiger partial charge in [-0.3, -0.25) is 0 Å². The molecule has 1 heteroatoms. The molecule has 1 rings (SSSR count). The lowest BCUT2D eigenvalue weighted by molar-refractivity contribution is 0.564. The molecule has 0 saturated heterocycles. The zero-order valence-corrected chi connectivity index (χ0v) is 6.56. The Kier molecular flexibility index (Phi) is 3.85. The van der Waals surface area contributed by atoms with Crippen LogP contribution in [0.1, 0.15) is 25.0 Å². The molecule has 1 aromatic heterocycles. The summed E-state index contributed by atoms with van der Waals surface area (Å²) < 4.78 is 4.84. The average molecular weight is 126 g/mol. The molecule has 0 aliphatic carbocycles. The van der Waals surface area contributed by atoms with Crippen LogP contribution in [0.25, 0.3) is 0 Å². The first-order valence-corrected chi connectivity index (χ1v) is 3.30. The van der Waals surface area contributed by atoms with Gasteiger partial charge in [-0.25, -0.2) is 0 Å². The minimum atomic E-state index is 1.22. The first-order valence-electron chi connectivity index (χ1n) is 3.30. The summed E-state index contributed by atoms with van der Waals surface area (Å²) >= 11 is 0. The molecule has 0 spiro atoms. The third kappa shape index (κ3) is 2.36. The smallest absolute Gasteiger partial charge is 0.0934 e. The fraction of sp³-hybridized carbons (Fsp3) is 0.500. The van der Waals surface area contributed by atoms with Crippen LogP contribution in [0.3, 0.4) is 0 Å². The lowest BCUT2D eigenvalue weighted by Gasteiger charge is -1.76. The van der Waals surface area contributed by atoms with E-state index < -0.39 is 0 Å². The van der Waals surface area contributed by atoms with Gasteiger partial charge in [0.2, 0.25) is 0 Å². The summed E-state index contributed by atoms with van der Waals surface area (Å²) in [5.74, 6) is 0. The summed E-state index contributed by atoms with van der Waals surface area (Å²) in [6, 6.07) is 0. The van der Waals surface area contributed by atoms with Crippen molar-refractivity contribution in [2.45, 2.75) is 27.7 Å². The Balaban J connectivity index is 0.000000291. The first kappa shape index (κ1) is 8.28. The van der Waals surface area contributed by atoms with Crippen molar-refractivity contribution in [1.29, 1.82) is 0 Å². The van der Waals surface area contributed by atoms with Crippen LogP contribution in [0.5, 0.6) is 0 Å². The van der Waals surface area contributed by atoms with Gasteiger partial charge in [-0.05, 0) is 25.0 Å². The second-order valence-electron chi connectivity index (χ2n) is 1.74. The van der Waals surface area contributed by atoms with Crippen LogP contribution in [-0.2, 0) is 0 Å². The molecule has 52 valence electrons. The van der Waals surface area contributed by atoms with E-state index in [1.165, 1.54) is 11.1 Å². The Morgan fingerprint density at radius 3 is 1.44 bits per heavy atom. The predicted molar refractivity (Wildman–Crippen MR) is 39.5 cm³/mol. The van der Waals surface area contributed by atoms with Crippen molar-refractivity contribution in [1.82, 2.24) is 0 Å². The second kappa shape index (κ2) is 4.19. The molecule has 0 N–H and O–H groups in total. The Hall–Kier alpha value is -0.720. The van der Waals surface area contributed by atoms with Gasteiger partial charge in [-0.2, -0.15) is 0 Å². The van der Waals surface area contributed by atoms with E-state index in [4.69, 9.17) is 4.42 Å². The lowest BCUT2D eigenvalue weighted by Crippen LogP contribution is -1.63. The van der Waals surface area contributed by atoms with Crippen LogP contribution >= 0.6 is 0 Å². The summed E-state index contributed by atoms with van der Waals surface area (Å²) in [6.45, 7) is 8.05. The Morgan fingerprint density at radius 1 is 1.00 bits per heavy atom. The van der Waals surface area contributed by atoms with Crippen molar-refractivity contribution in [3.8, 4) is 0 Å². The topological polar surface area (TPSA) is 13.1 Å². The molecule has 1 aromatic rings. The molecule has 1 heterocycles. The average Bonchev–Trinajstić information content (AvgIpc) is 2.23. The molecule has 9 heavy (non-hydrogen) atoms. The highest BCUT2D eigenvalue weighted by Crippen LogP contribution is 2.04. The van der Waals surface area contributed by atoms with Gasteiger partial charge in [0.15, 0.2) is 0 Å². The van der Waals surface area contributed by atoms with Crippen molar-refractivity contribution in [3.05, 3.63) is 23.7 Å². The van der Waals surface area contributed by atoms with E-state index in [1.807, 2.05) is 27.7 Å². The fourth-order valence-corrected chi connectivity index (χ4v) is 0.424. The minimum Gasteiger partial charge on any atom is -0.472 e. The molecule has 0 unspecified atom stereocenters. The molecule has 0 fully saturated rings. The number of rotatable bonds is 0. The van der Waals surface area contributed by atoms with E-state index in [2.05, 4.69) is 0 Å². The number of hydrogen-bond acceptors (Lipinski definition) is 1. The molecule has 0 atom stereocenters. The summed E-state index contributed by atoms with van der Waals surface area (Å²) in [5, 5.41) is 0. The maximum atomic E-state index is 4.84. The molecule has 0 aliphatic heterocycles. The van der Waals surface area contributed by atoms with Gasteiger partial charge in [-0.15, -0.1) is 0 Å². The van der Waals surface area contributed by atoms with Gasteiger partial charge in [0, 0.05) is 0 Å². The highest BCUT2D eigenvalue weighted by atomic mass is 16.3. The van der Waals surface area contributed by atoms with Crippen LogP contribution in [0.15, 0.2) is 16.9 Å². The maximum absolute atomic E-state index is 4.84. The van der Waals surface area contributed by atoms with E-state index in [-0.39, 0.29) is 0 Å². The molecular weight excluding hydrogens is 112 g/mol. The van der Waals surface area contributed by atoms with Gasteiger partial charge in [-0.1, -0.05) is 13.8 Å². The van der Waals surface area contributed by atoms with Gasteiger partial charge in [0.25, 0.3) is 0 Å². The van der Waals surface area contributed by atoms with Crippen LogP contribution in [0, 0.1) is 13.8 Å². The minimum absolute atomic E-state index is 1.22. The molecule has 0 bridgehead atoms. The van der Waals surface area contributed by atoms with Crippen molar-refractivity contribution in [2.24, 2.45) is 0 Å². The number of hydrogen-bond donors (Lipinski definition) is 0. The zero-order valence-electron chi connectivity index (χ0n) is 6.56. The van der Waals surface area contributed by atoms with Crippen LogP contribution in [0.2, 0.25) is 0 Å². The third-order valence-corrected chi connectivity index (χ3v) is 1.11. The predicted octanol–water partition coefficient (Wildman–Crippen LogP) is 2.92. The van der Waals surface area contributed by atoms with Crippen molar-refractivity contribution in [2.75, 3.05) is 0 Å². The van der Waals surface area contributed by atoms with Crippen LogP contribution < -0.4 is 0 Å². The molecular formula is C8H14O. The second-order valence-corrected chi connectivity index (χ2v) is 1.74. The van der Waals surface area contributed by atoms with E-state index in [0.717, 1.165) is 0 Å². The quantitative estimate of drug-likeness (QED) is 0.521. The Bertz CT molecular complexity index is 137. The summed E-state index contributed by atoms with van der Waals surface area (Å²) in [5.41, 5.74) is 2.44. The van der Waals surface area contributed by atoms with Crippen LogP contribution in [0.4, 0.5) is 0 Å². The van der Waals surface area contributed by atoms with Gasteiger partial charge < -0.3 is 4.42 Å². The van der Waals surface area contributed by atoms with Gasteiger partial charge in [0.1, 0.15) is 0 Å². The highest BCUT2D eigenvalue weighted by molar-refractivity contribution is 5.15. The first-order chi connectivity index (χ1) is 4.30.